The highest BCUT2D eigenvalue weighted by atomic mass is 16.1. The SMILES string of the molecule is N#CC1CCCCC1n1nc(Nc2ccc3c(c2)CNC3)c2c(=O)[nH]ccc21. The molecule has 7 heteroatoms. The van der Waals surface area contributed by atoms with Crippen LogP contribution in [0.1, 0.15) is 42.9 Å². The van der Waals surface area contributed by atoms with E-state index in [0.29, 0.717) is 11.2 Å². The second-order valence-electron chi connectivity index (χ2n) is 7.66. The van der Waals surface area contributed by atoms with Crippen molar-refractivity contribution in [1.82, 2.24) is 20.1 Å². The van der Waals surface area contributed by atoms with E-state index in [1.165, 1.54) is 11.1 Å². The number of nitriles is 1. The van der Waals surface area contributed by atoms with Crippen LogP contribution in [-0.2, 0) is 13.1 Å². The number of aromatic amines is 1. The second-order valence-corrected chi connectivity index (χ2v) is 7.66. The molecule has 0 bridgehead atoms. The fourth-order valence-electron chi connectivity index (χ4n) is 4.50. The van der Waals surface area contributed by atoms with Crippen LogP contribution in [0.4, 0.5) is 11.5 Å². The molecule has 1 saturated carbocycles. The number of aromatic nitrogens is 3. The quantitative estimate of drug-likeness (QED) is 0.653. The minimum atomic E-state index is -0.168. The number of hydrogen-bond acceptors (Lipinski definition) is 5. The van der Waals surface area contributed by atoms with Gasteiger partial charge in [-0.3, -0.25) is 9.48 Å². The van der Waals surface area contributed by atoms with Gasteiger partial charge in [0.15, 0.2) is 5.82 Å². The van der Waals surface area contributed by atoms with Crippen molar-refractivity contribution < 1.29 is 0 Å². The Hall–Kier alpha value is -3.11. The van der Waals surface area contributed by atoms with Crippen LogP contribution in [0.2, 0.25) is 0 Å². The van der Waals surface area contributed by atoms with Gasteiger partial charge in [-0.25, -0.2) is 0 Å². The van der Waals surface area contributed by atoms with E-state index in [1.807, 2.05) is 16.8 Å². The largest absolute Gasteiger partial charge is 0.338 e. The number of H-pyrrole nitrogens is 1. The molecule has 2 aliphatic rings. The maximum Gasteiger partial charge on any atom is 0.261 e. The van der Waals surface area contributed by atoms with Crippen LogP contribution in [0, 0.1) is 17.2 Å². The summed E-state index contributed by atoms with van der Waals surface area (Å²) in [5.74, 6) is 0.472. The molecule has 1 aliphatic carbocycles. The van der Waals surface area contributed by atoms with Crippen LogP contribution < -0.4 is 16.2 Å². The predicted molar refractivity (Wildman–Crippen MR) is 107 cm³/mol. The van der Waals surface area contributed by atoms with Gasteiger partial charge < -0.3 is 15.6 Å². The van der Waals surface area contributed by atoms with Crippen LogP contribution >= 0.6 is 0 Å². The Balaban J connectivity index is 1.59. The summed E-state index contributed by atoms with van der Waals surface area (Å²) in [6.45, 7) is 1.75. The van der Waals surface area contributed by atoms with Gasteiger partial charge >= 0.3 is 0 Å². The Labute approximate surface area is 162 Å². The number of pyridine rings is 1. The van der Waals surface area contributed by atoms with Crippen molar-refractivity contribution in [3.8, 4) is 6.07 Å². The number of hydrogen-bond donors (Lipinski definition) is 3. The van der Waals surface area contributed by atoms with Gasteiger partial charge in [0.1, 0.15) is 5.39 Å². The topological polar surface area (TPSA) is 98.5 Å². The van der Waals surface area contributed by atoms with Crippen LogP contribution in [0.25, 0.3) is 10.9 Å². The molecule has 2 aromatic heterocycles. The summed E-state index contributed by atoms with van der Waals surface area (Å²) < 4.78 is 1.90. The van der Waals surface area contributed by atoms with E-state index in [9.17, 15) is 10.1 Å². The molecule has 2 unspecified atom stereocenters. The summed E-state index contributed by atoms with van der Waals surface area (Å²) in [5.41, 5.74) is 4.09. The summed E-state index contributed by atoms with van der Waals surface area (Å²) in [6.07, 6.45) is 5.59. The third-order valence-electron chi connectivity index (χ3n) is 5.94. The summed E-state index contributed by atoms with van der Waals surface area (Å²) in [6, 6.07) is 10.6. The van der Waals surface area contributed by atoms with E-state index >= 15 is 0 Å². The van der Waals surface area contributed by atoms with Gasteiger partial charge in [0, 0.05) is 25.0 Å². The van der Waals surface area contributed by atoms with Crippen molar-refractivity contribution in [1.29, 1.82) is 5.26 Å². The van der Waals surface area contributed by atoms with E-state index in [1.54, 1.807) is 6.20 Å². The highest BCUT2D eigenvalue weighted by Crippen LogP contribution is 2.36. The van der Waals surface area contributed by atoms with Crippen molar-refractivity contribution in [2.24, 2.45) is 5.92 Å². The molecule has 3 heterocycles. The molecule has 1 fully saturated rings. The minimum absolute atomic E-state index is 0.00261. The summed E-state index contributed by atoms with van der Waals surface area (Å²) in [4.78, 5) is 15.4. The van der Waals surface area contributed by atoms with Gasteiger partial charge in [0.05, 0.1) is 23.5 Å². The molecule has 5 rings (SSSR count). The molecular weight excluding hydrogens is 352 g/mol. The monoisotopic (exact) mass is 374 g/mol. The van der Waals surface area contributed by atoms with Crippen LogP contribution in [-0.4, -0.2) is 14.8 Å². The Morgan fingerprint density at radius 2 is 2.04 bits per heavy atom. The van der Waals surface area contributed by atoms with Crippen molar-refractivity contribution in [2.45, 2.75) is 44.8 Å². The Morgan fingerprint density at radius 1 is 1.18 bits per heavy atom. The Morgan fingerprint density at radius 3 is 2.93 bits per heavy atom. The second kappa shape index (κ2) is 6.80. The van der Waals surface area contributed by atoms with Gasteiger partial charge in [-0.05, 0) is 42.2 Å². The number of nitrogens with zero attached hydrogens (tertiary/aromatic N) is 3. The molecule has 3 aromatic rings. The van der Waals surface area contributed by atoms with E-state index in [4.69, 9.17) is 5.10 Å². The molecule has 0 spiro atoms. The lowest BCUT2D eigenvalue weighted by molar-refractivity contribution is 0.277. The highest BCUT2D eigenvalue weighted by molar-refractivity contribution is 5.91. The molecule has 1 aliphatic heterocycles. The molecule has 0 amide bonds. The molecule has 3 N–H and O–H groups in total. The van der Waals surface area contributed by atoms with Crippen molar-refractivity contribution in [3.05, 3.63) is 51.9 Å². The summed E-state index contributed by atoms with van der Waals surface area (Å²) in [7, 11) is 0. The first-order chi connectivity index (χ1) is 13.7. The zero-order chi connectivity index (χ0) is 19.1. The lowest BCUT2D eigenvalue weighted by Gasteiger charge is -2.27. The number of rotatable bonds is 3. The zero-order valence-electron chi connectivity index (χ0n) is 15.5. The lowest BCUT2D eigenvalue weighted by atomic mass is 9.85. The molecular formula is C21H22N6O. The van der Waals surface area contributed by atoms with Crippen LogP contribution in [0.15, 0.2) is 35.3 Å². The molecule has 28 heavy (non-hydrogen) atoms. The molecule has 1 aromatic carbocycles. The van der Waals surface area contributed by atoms with Crippen molar-refractivity contribution >= 4 is 22.4 Å². The molecule has 7 nitrogen and oxygen atoms in total. The number of benzene rings is 1. The Bertz CT molecular complexity index is 1140. The normalized spacial score (nSPS) is 21.4. The highest BCUT2D eigenvalue weighted by Gasteiger charge is 2.29. The van der Waals surface area contributed by atoms with Gasteiger partial charge in [-0.2, -0.15) is 10.4 Å². The van der Waals surface area contributed by atoms with Crippen LogP contribution in [0.5, 0.6) is 0 Å². The van der Waals surface area contributed by atoms with E-state index in [-0.39, 0.29) is 17.5 Å². The molecule has 0 radical (unpaired) electrons. The molecule has 142 valence electrons. The summed E-state index contributed by atoms with van der Waals surface area (Å²) in [5, 5.41) is 21.6. The maximum atomic E-state index is 12.6. The number of anilines is 2. The average Bonchev–Trinajstić information content (AvgIpc) is 3.33. The first kappa shape index (κ1) is 17.0. The average molecular weight is 374 g/mol. The first-order valence-corrected chi connectivity index (χ1v) is 9.83. The first-order valence-electron chi connectivity index (χ1n) is 9.83. The minimum Gasteiger partial charge on any atom is -0.338 e. The molecule has 0 saturated heterocycles. The van der Waals surface area contributed by atoms with E-state index in [0.717, 1.165) is 50.0 Å². The van der Waals surface area contributed by atoms with Gasteiger partial charge in [0.2, 0.25) is 0 Å². The van der Waals surface area contributed by atoms with Crippen LogP contribution in [0.3, 0.4) is 0 Å². The van der Waals surface area contributed by atoms with E-state index in [2.05, 4.69) is 33.8 Å². The third kappa shape index (κ3) is 2.77. The van der Waals surface area contributed by atoms with Gasteiger partial charge in [-0.1, -0.05) is 18.9 Å². The fourth-order valence-corrected chi connectivity index (χ4v) is 4.50. The van der Waals surface area contributed by atoms with Crippen molar-refractivity contribution in [3.63, 3.8) is 0 Å². The third-order valence-corrected chi connectivity index (χ3v) is 5.94. The smallest absolute Gasteiger partial charge is 0.261 e. The predicted octanol–water partition coefficient (Wildman–Crippen LogP) is 3.33. The zero-order valence-corrected chi connectivity index (χ0v) is 15.5. The molecule has 2 atom stereocenters. The fraction of sp³-hybridized carbons (Fsp3) is 0.381. The van der Waals surface area contributed by atoms with Gasteiger partial charge in [0.25, 0.3) is 5.56 Å². The lowest BCUT2D eigenvalue weighted by Crippen LogP contribution is -2.23. The van der Waals surface area contributed by atoms with Gasteiger partial charge in [-0.15, -0.1) is 0 Å². The van der Waals surface area contributed by atoms with E-state index < -0.39 is 0 Å². The van der Waals surface area contributed by atoms with Crippen molar-refractivity contribution in [2.75, 3.05) is 5.32 Å². The Kier molecular flexibility index (Phi) is 4.14. The maximum absolute atomic E-state index is 12.6. The number of nitrogens with one attached hydrogen (secondary N) is 3. The standard InChI is InChI=1S/C21H22N6O/c22-10-13-3-1-2-4-17(13)27-18-7-8-24-21(28)19(18)20(26-27)25-16-6-5-14-11-23-12-15(14)9-16/h5-9,13,17,23H,1-4,11-12H2,(H,24,28)(H,25,26). The number of fused-ring (bicyclic) bond motifs is 2. The summed E-state index contributed by atoms with van der Waals surface area (Å²) >= 11 is 0.